The fraction of sp³-hybridized carbons (Fsp3) is 0.167. The number of halogens is 2. The van der Waals surface area contributed by atoms with Gasteiger partial charge in [-0.05, 0) is 83.7 Å². The van der Waals surface area contributed by atoms with Crippen molar-refractivity contribution in [3.05, 3.63) is 91.9 Å². The number of carboxylic acids is 1. The number of aromatic carboxylic acids is 1. The number of aryl methyl sites for hydroxylation is 1. The van der Waals surface area contributed by atoms with Crippen molar-refractivity contribution in [2.45, 2.75) is 31.2 Å². The van der Waals surface area contributed by atoms with E-state index in [1.807, 2.05) is 38.1 Å². The van der Waals surface area contributed by atoms with Gasteiger partial charge in [-0.25, -0.2) is 13.7 Å². The number of nitrogens with one attached hydrogen (secondary N) is 2. The van der Waals surface area contributed by atoms with Crippen LogP contribution in [-0.2, 0) is 17.4 Å². The number of hydrogen-bond acceptors (Lipinski definition) is 3. The molecule has 0 spiro atoms. The summed E-state index contributed by atoms with van der Waals surface area (Å²) >= 11 is 6.58. The molecule has 3 aromatic carbocycles. The highest BCUT2D eigenvalue weighted by atomic mass is 79.9. The van der Waals surface area contributed by atoms with Crippen LogP contribution in [0.1, 0.15) is 38.8 Å². The molecular formula is C24H22Br2N2O4S. The first-order valence-electron chi connectivity index (χ1n) is 10.0. The van der Waals surface area contributed by atoms with Gasteiger partial charge in [-0.2, -0.15) is 0 Å². The van der Waals surface area contributed by atoms with Crippen LogP contribution in [0, 0.1) is 6.92 Å². The molecule has 0 aliphatic heterocycles. The predicted molar refractivity (Wildman–Crippen MR) is 137 cm³/mol. The van der Waals surface area contributed by atoms with E-state index in [0.29, 0.717) is 20.3 Å². The van der Waals surface area contributed by atoms with Crippen molar-refractivity contribution in [3.63, 3.8) is 0 Å². The summed E-state index contributed by atoms with van der Waals surface area (Å²) in [7, 11) is -1.54. The molecule has 3 aromatic rings. The molecule has 0 radical (unpaired) electrons. The van der Waals surface area contributed by atoms with Crippen molar-refractivity contribution >= 4 is 60.4 Å². The van der Waals surface area contributed by atoms with Crippen molar-refractivity contribution in [2.75, 3.05) is 5.32 Å². The molecular weight excluding hydrogens is 572 g/mol. The average molecular weight is 594 g/mol. The summed E-state index contributed by atoms with van der Waals surface area (Å²) in [5.41, 5.74) is 2.72. The van der Waals surface area contributed by atoms with Crippen molar-refractivity contribution in [2.24, 2.45) is 0 Å². The molecule has 3 rings (SSSR count). The summed E-state index contributed by atoms with van der Waals surface area (Å²) in [5, 5.41) is 12.1. The van der Waals surface area contributed by atoms with E-state index in [1.54, 1.807) is 18.2 Å². The lowest BCUT2D eigenvalue weighted by molar-refractivity contribution is 0.0698. The van der Waals surface area contributed by atoms with Crippen LogP contribution in [0.4, 0.5) is 5.69 Å². The summed E-state index contributed by atoms with van der Waals surface area (Å²) in [5.74, 6) is -1.68. The van der Waals surface area contributed by atoms with Crippen LogP contribution < -0.4 is 10.0 Å². The van der Waals surface area contributed by atoms with E-state index in [-0.39, 0.29) is 22.9 Å². The number of carbonyl (C=O) groups excluding carboxylic acids is 1. The molecule has 0 heterocycles. The van der Waals surface area contributed by atoms with Gasteiger partial charge in [0.15, 0.2) is 0 Å². The minimum absolute atomic E-state index is 0.0414. The lowest BCUT2D eigenvalue weighted by atomic mass is 10.0. The third kappa shape index (κ3) is 6.60. The molecule has 0 aliphatic carbocycles. The Hall–Kier alpha value is -2.33. The third-order valence-electron chi connectivity index (χ3n) is 4.95. The van der Waals surface area contributed by atoms with E-state index in [4.69, 9.17) is 0 Å². The fourth-order valence-corrected chi connectivity index (χ4v) is 5.04. The molecule has 6 nitrogen and oxygen atoms in total. The topological polar surface area (TPSA) is 95.5 Å². The summed E-state index contributed by atoms with van der Waals surface area (Å²) in [6, 6.07) is 17.4. The van der Waals surface area contributed by atoms with Crippen LogP contribution in [0.2, 0.25) is 0 Å². The van der Waals surface area contributed by atoms with Crippen molar-refractivity contribution < 1.29 is 18.9 Å². The van der Waals surface area contributed by atoms with Gasteiger partial charge in [0.2, 0.25) is 0 Å². The van der Waals surface area contributed by atoms with Gasteiger partial charge in [0, 0.05) is 15.0 Å². The van der Waals surface area contributed by atoms with Crippen LogP contribution in [0.5, 0.6) is 0 Å². The van der Waals surface area contributed by atoms with Gasteiger partial charge in [0.1, 0.15) is 11.0 Å². The van der Waals surface area contributed by atoms with E-state index < -0.39 is 22.9 Å². The number of benzene rings is 3. The largest absolute Gasteiger partial charge is 0.478 e. The predicted octanol–water partition coefficient (Wildman–Crippen LogP) is 5.71. The van der Waals surface area contributed by atoms with Crippen molar-refractivity contribution in [1.82, 2.24) is 4.72 Å². The SMILES string of the molecule is Cc1ccccc1CC(C)NS(=O)c1ccc(Br)c(C(=O)Nc2ccc(Br)cc2C(=O)O)c1. The van der Waals surface area contributed by atoms with E-state index >= 15 is 0 Å². The maximum Gasteiger partial charge on any atom is 0.337 e. The number of amides is 1. The maximum atomic E-state index is 12.9. The highest BCUT2D eigenvalue weighted by Crippen LogP contribution is 2.25. The van der Waals surface area contributed by atoms with Crippen LogP contribution >= 0.6 is 31.9 Å². The zero-order valence-electron chi connectivity index (χ0n) is 17.9. The van der Waals surface area contributed by atoms with Gasteiger partial charge in [0.25, 0.3) is 5.91 Å². The summed E-state index contributed by atoms with van der Waals surface area (Å²) in [4.78, 5) is 24.9. The Bertz CT molecular complexity index is 1230. The van der Waals surface area contributed by atoms with E-state index in [9.17, 15) is 18.9 Å². The number of anilines is 1. The molecule has 2 atom stereocenters. The molecule has 0 aliphatic rings. The molecule has 2 unspecified atom stereocenters. The van der Waals surface area contributed by atoms with Crippen LogP contribution in [0.15, 0.2) is 74.5 Å². The molecule has 0 saturated carbocycles. The number of carbonyl (C=O) groups is 2. The number of hydrogen-bond donors (Lipinski definition) is 3. The zero-order chi connectivity index (χ0) is 24.1. The third-order valence-corrected chi connectivity index (χ3v) is 7.44. The number of carboxylic acid groups (broad SMARTS) is 1. The Morgan fingerprint density at radius 3 is 2.45 bits per heavy atom. The first-order valence-corrected chi connectivity index (χ1v) is 12.8. The highest BCUT2D eigenvalue weighted by molar-refractivity contribution is 9.10. The smallest absolute Gasteiger partial charge is 0.337 e. The Morgan fingerprint density at radius 1 is 1.03 bits per heavy atom. The number of rotatable bonds is 8. The fourth-order valence-electron chi connectivity index (χ4n) is 3.25. The van der Waals surface area contributed by atoms with Gasteiger partial charge in [-0.15, -0.1) is 0 Å². The van der Waals surface area contributed by atoms with E-state index in [1.165, 1.54) is 29.3 Å². The Labute approximate surface area is 211 Å². The normalized spacial score (nSPS) is 12.7. The van der Waals surface area contributed by atoms with Gasteiger partial charge < -0.3 is 10.4 Å². The van der Waals surface area contributed by atoms with Crippen molar-refractivity contribution in [3.8, 4) is 0 Å². The van der Waals surface area contributed by atoms with Gasteiger partial charge >= 0.3 is 5.97 Å². The lowest BCUT2D eigenvalue weighted by Gasteiger charge is -2.16. The second-order valence-corrected chi connectivity index (χ2v) is 10.5. The molecule has 172 valence electrons. The Morgan fingerprint density at radius 2 is 1.76 bits per heavy atom. The molecule has 0 fully saturated rings. The zero-order valence-corrected chi connectivity index (χ0v) is 21.9. The standard InChI is InChI=1S/C24H22Br2N2O4S/c1-14-5-3-4-6-16(14)11-15(2)28-33(32)18-8-9-21(26)19(13-18)23(29)27-22-10-7-17(25)12-20(22)24(30)31/h3-10,12-13,15,28H,11H2,1-2H3,(H,27,29)(H,30,31). The highest BCUT2D eigenvalue weighted by Gasteiger charge is 2.18. The van der Waals surface area contributed by atoms with Crippen LogP contribution in [0.3, 0.4) is 0 Å². The van der Waals surface area contributed by atoms with Gasteiger partial charge in [-0.1, -0.05) is 40.2 Å². The lowest BCUT2D eigenvalue weighted by Crippen LogP contribution is -2.30. The van der Waals surface area contributed by atoms with Crippen LogP contribution in [-0.4, -0.2) is 27.2 Å². The summed E-state index contributed by atoms with van der Waals surface area (Å²) < 4.78 is 17.1. The minimum atomic E-state index is -1.54. The van der Waals surface area contributed by atoms with Gasteiger partial charge in [0.05, 0.1) is 21.7 Å². The van der Waals surface area contributed by atoms with Crippen LogP contribution in [0.25, 0.3) is 0 Å². The molecule has 0 saturated heterocycles. The van der Waals surface area contributed by atoms with E-state index in [2.05, 4.69) is 41.9 Å². The Kier molecular flexibility index (Phi) is 8.58. The molecule has 1 amide bonds. The second kappa shape index (κ2) is 11.2. The van der Waals surface area contributed by atoms with Crippen molar-refractivity contribution in [1.29, 1.82) is 0 Å². The summed E-state index contributed by atoms with van der Waals surface area (Å²) in [6.45, 7) is 4.00. The first kappa shape index (κ1) is 25.3. The maximum absolute atomic E-state index is 12.9. The Balaban J connectivity index is 1.76. The minimum Gasteiger partial charge on any atom is -0.478 e. The molecule has 0 aromatic heterocycles. The average Bonchev–Trinajstić information content (AvgIpc) is 2.76. The molecule has 33 heavy (non-hydrogen) atoms. The first-order chi connectivity index (χ1) is 15.7. The molecule has 3 N–H and O–H groups in total. The van der Waals surface area contributed by atoms with E-state index in [0.717, 1.165) is 0 Å². The summed E-state index contributed by atoms with van der Waals surface area (Å²) in [6.07, 6.45) is 0.712. The second-order valence-electron chi connectivity index (χ2n) is 7.51. The van der Waals surface area contributed by atoms with Gasteiger partial charge in [-0.3, -0.25) is 4.79 Å². The monoisotopic (exact) mass is 592 g/mol. The molecule has 9 heteroatoms. The molecule has 0 bridgehead atoms. The quantitative estimate of drug-likeness (QED) is 0.311.